The Kier molecular flexibility index (Phi) is 6.77. The molecule has 0 aliphatic heterocycles. The number of benzene rings is 1. The predicted molar refractivity (Wildman–Crippen MR) is 151 cm³/mol. The average Bonchev–Trinajstić information content (AvgIpc) is 2.98. The van der Waals surface area contributed by atoms with Crippen molar-refractivity contribution in [2.45, 2.75) is 0 Å². The molecule has 0 amide bonds. The molecule has 0 saturated heterocycles. The number of pyridine rings is 4. The first-order chi connectivity index (χ1) is 18.5. The largest absolute Gasteiger partial charge is 0.299 e. The van der Waals surface area contributed by atoms with Crippen LogP contribution in [0.1, 0.15) is 22.8 Å². The van der Waals surface area contributed by atoms with Gasteiger partial charge in [-0.3, -0.25) is 31.6 Å². The molecule has 0 radical (unpaired) electrons. The first-order valence-electron chi connectivity index (χ1n) is 11.7. The lowest BCUT2D eigenvalue weighted by Gasteiger charge is -2.07. The van der Waals surface area contributed by atoms with Crippen LogP contribution in [0.4, 0.5) is 0 Å². The minimum atomic E-state index is 0.157. The lowest BCUT2D eigenvalue weighted by atomic mass is 10.1. The molecule has 8 heteroatoms. The Labute approximate surface area is 218 Å². The van der Waals surface area contributed by atoms with Crippen LogP contribution in [0.15, 0.2) is 109 Å². The van der Waals surface area contributed by atoms with Crippen LogP contribution in [-0.2, 0) is 0 Å². The molecule has 5 aromatic rings. The summed E-state index contributed by atoms with van der Waals surface area (Å²) in [5, 5.41) is 35.1. The zero-order valence-electron chi connectivity index (χ0n) is 20.2. The second-order valence-corrected chi connectivity index (χ2v) is 8.35. The summed E-state index contributed by atoms with van der Waals surface area (Å²) in [6, 6.07) is 21.9. The van der Waals surface area contributed by atoms with Crippen molar-refractivity contribution in [1.29, 1.82) is 21.6 Å². The molecule has 0 unspecified atom stereocenters. The van der Waals surface area contributed by atoms with Crippen LogP contribution < -0.4 is 0 Å². The van der Waals surface area contributed by atoms with E-state index in [9.17, 15) is 0 Å². The average molecular weight is 495 g/mol. The maximum absolute atomic E-state index is 8.49. The lowest BCUT2D eigenvalue weighted by molar-refractivity contribution is 1.28. The van der Waals surface area contributed by atoms with Crippen LogP contribution in [0.2, 0.25) is 0 Å². The van der Waals surface area contributed by atoms with Crippen LogP contribution >= 0.6 is 0 Å². The van der Waals surface area contributed by atoms with Crippen LogP contribution in [0.5, 0.6) is 0 Å². The normalized spacial score (nSPS) is 11.4. The van der Waals surface area contributed by atoms with E-state index in [-0.39, 0.29) is 22.8 Å². The van der Waals surface area contributed by atoms with Gasteiger partial charge in [0.1, 0.15) is 0 Å². The van der Waals surface area contributed by atoms with Gasteiger partial charge in [-0.25, -0.2) is 9.97 Å². The lowest BCUT2D eigenvalue weighted by Crippen LogP contribution is -2.04. The molecule has 0 saturated carbocycles. The summed E-state index contributed by atoms with van der Waals surface area (Å²) < 4.78 is 0. The molecule has 0 spiro atoms. The minimum Gasteiger partial charge on any atom is -0.299 e. The third kappa shape index (κ3) is 5.19. The van der Waals surface area contributed by atoms with Crippen LogP contribution in [0, 0.1) is 21.6 Å². The molecule has 0 aliphatic rings. The fourth-order valence-corrected chi connectivity index (χ4v) is 3.79. The Balaban J connectivity index is 1.43. The number of hydrogen-bond donors (Lipinski definition) is 4. The zero-order chi connectivity index (χ0) is 26.5. The van der Waals surface area contributed by atoms with Crippen molar-refractivity contribution in [3.63, 3.8) is 0 Å². The summed E-state index contributed by atoms with van der Waals surface area (Å²) in [6.07, 6.45) is 9.39. The maximum Gasteiger partial charge on any atom is 0.0973 e. The molecule has 8 nitrogen and oxygen atoms in total. The summed E-state index contributed by atoms with van der Waals surface area (Å²) in [4.78, 5) is 17.7. The van der Waals surface area contributed by atoms with E-state index in [1.807, 2.05) is 36.4 Å². The van der Waals surface area contributed by atoms with Gasteiger partial charge in [-0.05, 0) is 60.7 Å². The highest BCUT2D eigenvalue weighted by Crippen LogP contribution is 2.23. The zero-order valence-corrected chi connectivity index (χ0v) is 20.2. The van der Waals surface area contributed by atoms with Gasteiger partial charge in [0.25, 0.3) is 0 Å². The molecule has 38 heavy (non-hydrogen) atoms. The molecule has 0 fully saturated rings. The quantitative estimate of drug-likeness (QED) is 0.165. The predicted octanol–water partition coefficient (Wildman–Crippen LogP) is 5.56. The summed E-state index contributed by atoms with van der Waals surface area (Å²) in [6.45, 7) is 0. The van der Waals surface area contributed by atoms with Gasteiger partial charge in [0.2, 0.25) is 0 Å². The van der Waals surface area contributed by atoms with Crippen LogP contribution in [-0.4, -0.2) is 42.8 Å². The summed E-state index contributed by atoms with van der Waals surface area (Å²) >= 11 is 0. The minimum absolute atomic E-state index is 0.157. The molecule has 0 bridgehead atoms. The first-order valence-corrected chi connectivity index (χ1v) is 11.7. The van der Waals surface area contributed by atoms with E-state index < -0.39 is 0 Å². The number of hydrogen-bond acceptors (Lipinski definition) is 8. The van der Waals surface area contributed by atoms with Crippen molar-refractivity contribution in [3.8, 4) is 0 Å². The Morgan fingerprint density at radius 2 is 0.816 bits per heavy atom. The number of allylic oxidation sites excluding steroid dienone is 4. The highest BCUT2D eigenvalue weighted by atomic mass is 14.8. The van der Waals surface area contributed by atoms with Crippen molar-refractivity contribution in [1.82, 2.24) is 19.9 Å². The number of nitrogens with one attached hydrogen (secondary N) is 4. The second-order valence-electron chi connectivity index (χ2n) is 8.35. The fraction of sp³-hybridized carbons (Fsp3) is 0. The molecular formula is C30H22N8. The van der Waals surface area contributed by atoms with Crippen LogP contribution in [0.3, 0.4) is 0 Å². The van der Waals surface area contributed by atoms with Gasteiger partial charge in [0.05, 0.1) is 56.7 Å². The maximum atomic E-state index is 8.49. The van der Waals surface area contributed by atoms with Crippen molar-refractivity contribution in [2.75, 3.05) is 0 Å². The van der Waals surface area contributed by atoms with Gasteiger partial charge in [0.15, 0.2) is 0 Å². The Bertz CT molecular complexity index is 1640. The fourth-order valence-electron chi connectivity index (χ4n) is 3.79. The van der Waals surface area contributed by atoms with Gasteiger partial charge in [-0.1, -0.05) is 36.4 Å². The van der Waals surface area contributed by atoms with E-state index in [1.165, 1.54) is 24.3 Å². The summed E-state index contributed by atoms with van der Waals surface area (Å²) in [5.74, 6) is 0. The van der Waals surface area contributed by atoms with Gasteiger partial charge in [0, 0.05) is 23.2 Å². The summed E-state index contributed by atoms with van der Waals surface area (Å²) in [7, 11) is 0. The molecular weight excluding hydrogens is 472 g/mol. The SMILES string of the molecule is N=C(/C=C\C(=N)c1ccc2ccc3ccc(C(=N)/C=C\C(=N)c4ccccn4)nc3c2n1)c1ccccn1. The van der Waals surface area contributed by atoms with E-state index in [0.29, 0.717) is 33.8 Å². The third-order valence-corrected chi connectivity index (χ3v) is 5.79. The van der Waals surface area contributed by atoms with Crippen molar-refractivity contribution < 1.29 is 0 Å². The van der Waals surface area contributed by atoms with E-state index >= 15 is 0 Å². The highest BCUT2D eigenvalue weighted by molar-refractivity contribution is 6.15. The number of aromatic nitrogens is 4. The van der Waals surface area contributed by atoms with E-state index in [0.717, 1.165) is 10.8 Å². The summed E-state index contributed by atoms with van der Waals surface area (Å²) in [5.41, 5.74) is 3.91. The monoisotopic (exact) mass is 494 g/mol. The van der Waals surface area contributed by atoms with E-state index in [1.54, 1.807) is 48.8 Å². The second kappa shape index (κ2) is 10.6. The molecule has 0 aliphatic carbocycles. The van der Waals surface area contributed by atoms with Gasteiger partial charge in [-0.2, -0.15) is 0 Å². The Hall–Kier alpha value is -5.50. The number of nitrogens with zero attached hydrogens (tertiary/aromatic N) is 4. The molecule has 182 valence electrons. The Morgan fingerprint density at radius 3 is 1.18 bits per heavy atom. The smallest absolute Gasteiger partial charge is 0.0973 e. The molecule has 1 aromatic carbocycles. The first kappa shape index (κ1) is 24.2. The number of fused-ring (bicyclic) bond motifs is 3. The molecule has 0 atom stereocenters. The van der Waals surface area contributed by atoms with Crippen LogP contribution in [0.25, 0.3) is 21.8 Å². The topological polar surface area (TPSA) is 147 Å². The van der Waals surface area contributed by atoms with Gasteiger partial charge in [-0.15, -0.1) is 0 Å². The molecule has 5 rings (SSSR count). The van der Waals surface area contributed by atoms with Gasteiger partial charge >= 0.3 is 0 Å². The molecule has 4 heterocycles. The van der Waals surface area contributed by atoms with Crippen molar-refractivity contribution in [2.24, 2.45) is 0 Å². The third-order valence-electron chi connectivity index (χ3n) is 5.79. The highest BCUT2D eigenvalue weighted by Gasteiger charge is 2.10. The van der Waals surface area contributed by atoms with E-state index in [2.05, 4.69) is 9.97 Å². The standard InChI is InChI=1S/C30H22N8/c31-21(25-5-1-3-17-35-25)11-13-23(33)27-15-9-19-7-8-20-10-16-28(38-30(20)29(19)37-27)24(34)14-12-22(32)26-6-2-4-18-36-26/h1-18,31-34H/b13-11-,14-12-,31-21?,32-22?,33-23?,34-24?. The number of rotatable bonds is 8. The molecule has 4 aromatic heterocycles. The molecule has 4 N–H and O–H groups in total. The van der Waals surface area contributed by atoms with Crippen molar-refractivity contribution in [3.05, 3.63) is 132 Å². The van der Waals surface area contributed by atoms with Crippen molar-refractivity contribution >= 4 is 44.7 Å². The van der Waals surface area contributed by atoms with E-state index in [4.69, 9.17) is 31.6 Å². The Morgan fingerprint density at radius 1 is 0.447 bits per heavy atom. The van der Waals surface area contributed by atoms with Gasteiger partial charge < -0.3 is 0 Å².